The third kappa shape index (κ3) is 4.57. The zero-order valence-corrected chi connectivity index (χ0v) is 12.9. The largest absolute Gasteiger partial charge is 0.315 e. The Kier molecular flexibility index (Phi) is 5.35. The number of benzene rings is 1. The molecular formula is C14H18N4O2S. The number of non-ortho nitro benzene ring substituents is 1. The van der Waals surface area contributed by atoms with Crippen molar-refractivity contribution in [1.82, 2.24) is 15.5 Å². The molecule has 21 heavy (non-hydrogen) atoms. The highest BCUT2D eigenvalue weighted by Gasteiger charge is 2.09. The topological polar surface area (TPSA) is 81.0 Å². The summed E-state index contributed by atoms with van der Waals surface area (Å²) in [5.74, 6) is 0. The number of aromatic nitrogens is 2. The van der Waals surface area contributed by atoms with Crippen LogP contribution in [0.4, 0.5) is 5.69 Å². The van der Waals surface area contributed by atoms with Crippen molar-refractivity contribution >= 4 is 17.0 Å². The maximum absolute atomic E-state index is 10.6. The zero-order valence-electron chi connectivity index (χ0n) is 12.1. The molecule has 0 amide bonds. The average molecular weight is 306 g/mol. The molecule has 1 aromatic carbocycles. The molecule has 0 radical (unpaired) electrons. The maximum Gasteiger partial charge on any atom is 0.269 e. The van der Waals surface area contributed by atoms with Crippen LogP contribution in [0.5, 0.6) is 0 Å². The van der Waals surface area contributed by atoms with Gasteiger partial charge in [-0.3, -0.25) is 10.1 Å². The monoisotopic (exact) mass is 306 g/mol. The van der Waals surface area contributed by atoms with Crippen molar-refractivity contribution in [3.05, 3.63) is 39.4 Å². The molecule has 0 aliphatic carbocycles. The van der Waals surface area contributed by atoms with Gasteiger partial charge in [0.1, 0.15) is 10.0 Å². The predicted octanol–water partition coefficient (Wildman–Crippen LogP) is 3.04. The van der Waals surface area contributed by atoms with Gasteiger partial charge >= 0.3 is 0 Å². The van der Waals surface area contributed by atoms with Gasteiger partial charge in [-0.1, -0.05) is 25.2 Å². The summed E-state index contributed by atoms with van der Waals surface area (Å²) in [6, 6.07) is 6.90. The van der Waals surface area contributed by atoms with Crippen molar-refractivity contribution in [3.8, 4) is 10.6 Å². The first-order valence-corrected chi connectivity index (χ1v) is 7.68. The van der Waals surface area contributed by atoms with Gasteiger partial charge in [-0.2, -0.15) is 0 Å². The van der Waals surface area contributed by atoms with Gasteiger partial charge in [0, 0.05) is 30.2 Å². The lowest BCUT2D eigenvalue weighted by molar-refractivity contribution is -0.384. The minimum atomic E-state index is -0.406. The fraction of sp³-hybridized carbons (Fsp3) is 0.429. The number of aryl methyl sites for hydroxylation is 1. The molecule has 2 rings (SSSR count). The SMILES string of the molecule is CC(C)NCCCc1nnc(-c2ccc([N+](=O)[O-])cc2)s1. The van der Waals surface area contributed by atoms with Crippen molar-refractivity contribution in [2.24, 2.45) is 0 Å². The predicted molar refractivity (Wildman–Crippen MR) is 83.5 cm³/mol. The van der Waals surface area contributed by atoms with E-state index in [1.807, 2.05) is 0 Å². The van der Waals surface area contributed by atoms with E-state index in [2.05, 4.69) is 29.4 Å². The summed E-state index contributed by atoms with van der Waals surface area (Å²) in [4.78, 5) is 10.2. The average Bonchev–Trinajstić information content (AvgIpc) is 2.92. The summed E-state index contributed by atoms with van der Waals surface area (Å²) in [6.45, 7) is 5.21. The molecule has 0 spiro atoms. The second-order valence-electron chi connectivity index (χ2n) is 5.02. The van der Waals surface area contributed by atoms with E-state index in [1.165, 1.54) is 23.5 Å². The maximum atomic E-state index is 10.6. The van der Waals surface area contributed by atoms with Crippen molar-refractivity contribution in [2.75, 3.05) is 6.54 Å². The molecule has 7 heteroatoms. The Morgan fingerprint density at radius 2 is 2.00 bits per heavy atom. The quantitative estimate of drug-likeness (QED) is 0.483. The van der Waals surface area contributed by atoms with Crippen molar-refractivity contribution in [3.63, 3.8) is 0 Å². The molecule has 1 N–H and O–H groups in total. The molecule has 0 aliphatic rings. The standard InChI is InChI=1S/C14H18N4O2S/c1-10(2)15-9-3-4-13-16-17-14(21-13)11-5-7-12(8-6-11)18(19)20/h5-8,10,15H,3-4,9H2,1-2H3. The van der Waals surface area contributed by atoms with E-state index < -0.39 is 4.92 Å². The minimum Gasteiger partial charge on any atom is -0.315 e. The summed E-state index contributed by atoms with van der Waals surface area (Å²) in [5.41, 5.74) is 0.952. The molecule has 0 saturated heterocycles. The first-order chi connectivity index (χ1) is 10.1. The third-order valence-corrected chi connectivity index (χ3v) is 3.94. The molecule has 0 unspecified atom stereocenters. The van der Waals surface area contributed by atoms with Gasteiger partial charge in [0.2, 0.25) is 0 Å². The number of nitro benzene ring substituents is 1. The number of nitrogens with zero attached hydrogens (tertiary/aromatic N) is 3. The molecule has 6 nitrogen and oxygen atoms in total. The van der Waals surface area contributed by atoms with Gasteiger partial charge in [0.25, 0.3) is 5.69 Å². The highest BCUT2D eigenvalue weighted by molar-refractivity contribution is 7.14. The second-order valence-corrected chi connectivity index (χ2v) is 6.08. The molecular weight excluding hydrogens is 288 g/mol. The van der Waals surface area contributed by atoms with Gasteiger partial charge in [0.15, 0.2) is 0 Å². The number of hydrogen-bond acceptors (Lipinski definition) is 6. The van der Waals surface area contributed by atoms with Crippen LogP contribution in [-0.4, -0.2) is 27.7 Å². The van der Waals surface area contributed by atoms with Crippen LogP contribution in [0.15, 0.2) is 24.3 Å². The van der Waals surface area contributed by atoms with Crippen LogP contribution in [-0.2, 0) is 6.42 Å². The molecule has 0 fully saturated rings. The first kappa shape index (κ1) is 15.5. The van der Waals surface area contributed by atoms with E-state index in [1.54, 1.807) is 12.1 Å². The van der Waals surface area contributed by atoms with E-state index in [0.29, 0.717) is 6.04 Å². The van der Waals surface area contributed by atoms with E-state index in [0.717, 1.165) is 35.0 Å². The molecule has 1 heterocycles. The normalized spacial score (nSPS) is 11.0. The molecule has 1 aromatic heterocycles. The van der Waals surface area contributed by atoms with Crippen LogP contribution < -0.4 is 5.32 Å². The summed E-state index contributed by atoms with van der Waals surface area (Å²) >= 11 is 1.54. The number of rotatable bonds is 7. The molecule has 0 bridgehead atoms. The van der Waals surface area contributed by atoms with Crippen LogP contribution in [0.25, 0.3) is 10.6 Å². The van der Waals surface area contributed by atoms with Crippen LogP contribution in [0.1, 0.15) is 25.3 Å². The van der Waals surface area contributed by atoms with Gasteiger partial charge in [-0.25, -0.2) is 0 Å². The second kappa shape index (κ2) is 7.24. The van der Waals surface area contributed by atoms with Crippen LogP contribution in [0.2, 0.25) is 0 Å². The van der Waals surface area contributed by atoms with E-state index in [-0.39, 0.29) is 5.69 Å². The lowest BCUT2D eigenvalue weighted by atomic mass is 10.2. The number of hydrogen-bond donors (Lipinski definition) is 1. The Hall–Kier alpha value is -1.86. The Balaban J connectivity index is 1.94. The summed E-state index contributed by atoms with van der Waals surface area (Å²) in [7, 11) is 0. The fourth-order valence-electron chi connectivity index (χ4n) is 1.83. The zero-order chi connectivity index (χ0) is 15.2. The molecule has 112 valence electrons. The summed E-state index contributed by atoms with van der Waals surface area (Å²) in [5, 5.41) is 24.1. The Morgan fingerprint density at radius 1 is 1.29 bits per heavy atom. The van der Waals surface area contributed by atoms with Gasteiger partial charge in [-0.05, 0) is 25.1 Å². The minimum absolute atomic E-state index is 0.0863. The van der Waals surface area contributed by atoms with Gasteiger partial charge in [0.05, 0.1) is 4.92 Å². The highest BCUT2D eigenvalue weighted by atomic mass is 32.1. The smallest absolute Gasteiger partial charge is 0.269 e. The Labute approximate surface area is 127 Å². The summed E-state index contributed by atoms with van der Waals surface area (Å²) < 4.78 is 0. The lowest BCUT2D eigenvalue weighted by Gasteiger charge is -2.05. The van der Waals surface area contributed by atoms with E-state index in [4.69, 9.17) is 0 Å². The van der Waals surface area contributed by atoms with E-state index in [9.17, 15) is 10.1 Å². The molecule has 0 atom stereocenters. The van der Waals surface area contributed by atoms with Crippen molar-refractivity contribution in [1.29, 1.82) is 0 Å². The Morgan fingerprint density at radius 3 is 2.62 bits per heavy atom. The van der Waals surface area contributed by atoms with Crippen molar-refractivity contribution in [2.45, 2.75) is 32.7 Å². The number of nitro groups is 1. The third-order valence-electron chi connectivity index (χ3n) is 2.91. The fourth-order valence-corrected chi connectivity index (χ4v) is 2.71. The summed E-state index contributed by atoms with van der Waals surface area (Å²) in [6.07, 6.45) is 1.91. The highest BCUT2D eigenvalue weighted by Crippen LogP contribution is 2.25. The van der Waals surface area contributed by atoms with E-state index >= 15 is 0 Å². The van der Waals surface area contributed by atoms with Crippen LogP contribution >= 0.6 is 11.3 Å². The van der Waals surface area contributed by atoms with Gasteiger partial charge in [-0.15, -0.1) is 10.2 Å². The lowest BCUT2D eigenvalue weighted by Crippen LogP contribution is -2.23. The number of nitrogens with one attached hydrogen (secondary N) is 1. The van der Waals surface area contributed by atoms with Crippen molar-refractivity contribution < 1.29 is 4.92 Å². The van der Waals surface area contributed by atoms with Crippen LogP contribution in [0.3, 0.4) is 0 Å². The first-order valence-electron chi connectivity index (χ1n) is 6.87. The van der Waals surface area contributed by atoms with Crippen LogP contribution in [0, 0.1) is 10.1 Å². The molecule has 2 aromatic rings. The molecule has 0 saturated carbocycles. The molecule has 0 aliphatic heterocycles. The van der Waals surface area contributed by atoms with Gasteiger partial charge < -0.3 is 5.32 Å². The Bertz CT molecular complexity index is 595.